The molecule has 0 spiro atoms. The molecule has 0 aromatic carbocycles. The third kappa shape index (κ3) is 2.11. The first-order chi connectivity index (χ1) is 4.33. The Kier molecular flexibility index (Phi) is 1.66. The van der Waals surface area contributed by atoms with Gasteiger partial charge in [0.05, 0.1) is 19.2 Å². The standard InChI is InChI=1S/C5H6N2O2/c6-2-1-5(8)9-7-3-4-7/h1,3-4H2. The van der Waals surface area contributed by atoms with Crippen LogP contribution >= 0.6 is 0 Å². The van der Waals surface area contributed by atoms with E-state index >= 15 is 0 Å². The Balaban J connectivity index is 2.11. The van der Waals surface area contributed by atoms with Gasteiger partial charge in [-0.05, 0) is 0 Å². The molecule has 0 aromatic heterocycles. The predicted octanol–water partition coefficient (Wildman–Crippen LogP) is -0.326. The molecule has 0 saturated carbocycles. The molecular weight excluding hydrogens is 120 g/mol. The van der Waals surface area contributed by atoms with Crippen LogP contribution in [0.15, 0.2) is 0 Å². The molecule has 0 N–H and O–H groups in total. The van der Waals surface area contributed by atoms with Crippen LogP contribution in [0.5, 0.6) is 0 Å². The van der Waals surface area contributed by atoms with Crippen molar-refractivity contribution in [3.8, 4) is 6.07 Å². The Morgan fingerprint density at radius 1 is 1.78 bits per heavy atom. The fraction of sp³-hybridized carbons (Fsp3) is 0.600. The summed E-state index contributed by atoms with van der Waals surface area (Å²) in [4.78, 5) is 15.0. The molecule has 1 aliphatic rings. The molecule has 1 saturated heterocycles. The molecule has 0 bridgehead atoms. The Morgan fingerprint density at radius 2 is 2.44 bits per heavy atom. The highest BCUT2D eigenvalue weighted by Gasteiger charge is 2.21. The van der Waals surface area contributed by atoms with Gasteiger partial charge in [0.15, 0.2) is 0 Å². The van der Waals surface area contributed by atoms with Gasteiger partial charge in [-0.3, -0.25) is 0 Å². The molecule has 1 rings (SSSR count). The minimum Gasteiger partial charge on any atom is -0.367 e. The summed E-state index contributed by atoms with van der Waals surface area (Å²) in [5, 5.41) is 9.50. The summed E-state index contributed by atoms with van der Waals surface area (Å²) in [6.07, 6.45) is -0.156. The average Bonchev–Trinajstić information content (AvgIpc) is 2.50. The summed E-state index contributed by atoms with van der Waals surface area (Å²) < 4.78 is 0. The Bertz CT molecular complexity index is 157. The number of nitriles is 1. The van der Waals surface area contributed by atoms with Crippen LogP contribution in [0.3, 0.4) is 0 Å². The van der Waals surface area contributed by atoms with Gasteiger partial charge in [0, 0.05) is 0 Å². The molecule has 48 valence electrons. The van der Waals surface area contributed by atoms with Crippen molar-refractivity contribution in [2.75, 3.05) is 13.1 Å². The third-order valence-corrected chi connectivity index (χ3v) is 0.860. The van der Waals surface area contributed by atoms with Crippen LogP contribution < -0.4 is 0 Å². The van der Waals surface area contributed by atoms with Crippen molar-refractivity contribution in [3.05, 3.63) is 0 Å². The highest BCUT2D eigenvalue weighted by Crippen LogP contribution is 2.04. The van der Waals surface area contributed by atoms with Crippen molar-refractivity contribution in [1.82, 2.24) is 5.06 Å². The van der Waals surface area contributed by atoms with E-state index in [-0.39, 0.29) is 6.42 Å². The molecule has 0 radical (unpaired) electrons. The van der Waals surface area contributed by atoms with E-state index in [0.717, 1.165) is 13.1 Å². The zero-order chi connectivity index (χ0) is 6.69. The van der Waals surface area contributed by atoms with E-state index in [4.69, 9.17) is 5.26 Å². The van der Waals surface area contributed by atoms with Gasteiger partial charge in [0.2, 0.25) is 0 Å². The average molecular weight is 126 g/mol. The van der Waals surface area contributed by atoms with Crippen molar-refractivity contribution in [1.29, 1.82) is 5.26 Å². The lowest BCUT2D eigenvalue weighted by Crippen LogP contribution is -2.07. The smallest absolute Gasteiger partial charge is 0.339 e. The molecule has 9 heavy (non-hydrogen) atoms. The zero-order valence-corrected chi connectivity index (χ0v) is 4.83. The van der Waals surface area contributed by atoms with Crippen LogP contribution in [0.1, 0.15) is 6.42 Å². The van der Waals surface area contributed by atoms with Crippen LogP contribution in [0, 0.1) is 11.3 Å². The van der Waals surface area contributed by atoms with Crippen molar-refractivity contribution < 1.29 is 9.63 Å². The molecule has 4 heteroatoms. The second-order valence-electron chi connectivity index (χ2n) is 1.73. The number of rotatable bonds is 2. The van der Waals surface area contributed by atoms with Gasteiger partial charge in [0.1, 0.15) is 6.42 Å². The largest absolute Gasteiger partial charge is 0.367 e. The molecule has 0 aromatic rings. The number of carbonyl (C=O) groups is 1. The van der Waals surface area contributed by atoms with Crippen LogP contribution in [0.2, 0.25) is 0 Å². The van der Waals surface area contributed by atoms with E-state index in [0.29, 0.717) is 0 Å². The summed E-state index contributed by atoms with van der Waals surface area (Å²) in [6.45, 7) is 1.61. The van der Waals surface area contributed by atoms with Crippen molar-refractivity contribution in [3.63, 3.8) is 0 Å². The van der Waals surface area contributed by atoms with Gasteiger partial charge in [-0.1, -0.05) is 0 Å². The molecule has 1 heterocycles. The summed E-state index contributed by atoms with van der Waals surface area (Å²) >= 11 is 0. The summed E-state index contributed by atoms with van der Waals surface area (Å²) in [7, 11) is 0. The van der Waals surface area contributed by atoms with E-state index in [2.05, 4.69) is 4.84 Å². The molecule has 0 amide bonds. The van der Waals surface area contributed by atoms with Gasteiger partial charge < -0.3 is 4.84 Å². The molecule has 1 aliphatic heterocycles. The van der Waals surface area contributed by atoms with E-state index in [1.54, 1.807) is 6.07 Å². The molecule has 0 unspecified atom stereocenters. The van der Waals surface area contributed by atoms with Crippen LogP contribution in [-0.2, 0) is 9.63 Å². The summed E-state index contributed by atoms with van der Waals surface area (Å²) in [5.74, 6) is -0.463. The SMILES string of the molecule is N#CCC(=O)ON1CC1. The lowest BCUT2D eigenvalue weighted by molar-refractivity contribution is -0.164. The lowest BCUT2D eigenvalue weighted by Gasteiger charge is -1.96. The minimum atomic E-state index is -0.463. The highest BCUT2D eigenvalue weighted by molar-refractivity contribution is 5.71. The van der Waals surface area contributed by atoms with Gasteiger partial charge in [-0.25, -0.2) is 4.79 Å². The third-order valence-electron chi connectivity index (χ3n) is 0.860. The maximum atomic E-state index is 10.4. The van der Waals surface area contributed by atoms with Crippen molar-refractivity contribution >= 4 is 5.97 Å². The Hall–Kier alpha value is -1.08. The van der Waals surface area contributed by atoms with E-state index in [1.807, 2.05) is 0 Å². The number of hydrogen-bond donors (Lipinski definition) is 0. The zero-order valence-electron chi connectivity index (χ0n) is 4.83. The number of hydrogen-bond acceptors (Lipinski definition) is 4. The fourth-order valence-electron chi connectivity index (χ4n) is 0.373. The number of carbonyl (C=O) groups excluding carboxylic acids is 1. The Morgan fingerprint density at radius 3 is 2.89 bits per heavy atom. The fourth-order valence-corrected chi connectivity index (χ4v) is 0.373. The number of hydroxylamine groups is 2. The molecule has 4 nitrogen and oxygen atoms in total. The first-order valence-electron chi connectivity index (χ1n) is 2.65. The summed E-state index contributed by atoms with van der Waals surface area (Å²) in [5.41, 5.74) is 0. The lowest BCUT2D eigenvalue weighted by atomic mass is 10.5. The van der Waals surface area contributed by atoms with Crippen molar-refractivity contribution in [2.24, 2.45) is 0 Å². The maximum absolute atomic E-state index is 10.4. The van der Waals surface area contributed by atoms with E-state index in [9.17, 15) is 4.79 Å². The van der Waals surface area contributed by atoms with Gasteiger partial charge >= 0.3 is 5.97 Å². The minimum absolute atomic E-state index is 0.156. The first kappa shape index (κ1) is 6.05. The van der Waals surface area contributed by atoms with Gasteiger partial charge in [0.25, 0.3) is 0 Å². The van der Waals surface area contributed by atoms with Crippen LogP contribution in [0.25, 0.3) is 0 Å². The van der Waals surface area contributed by atoms with Gasteiger partial charge in [-0.2, -0.15) is 5.26 Å². The molecule has 0 aliphatic carbocycles. The Labute approximate surface area is 52.6 Å². The first-order valence-corrected chi connectivity index (χ1v) is 2.65. The van der Waals surface area contributed by atoms with E-state index in [1.165, 1.54) is 5.06 Å². The predicted molar refractivity (Wildman–Crippen MR) is 27.9 cm³/mol. The van der Waals surface area contributed by atoms with Crippen LogP contribution in [-0.4, -0.2) is 24.1 Å². The van der Waals surface area contributed by atoms with E-state index < -0.39 is 5.97 Å². The highest BCUT2D eigenvalue weighted by atomic mass is 16.7. The quantitative estimate of drug-likeness (QED) is 0.475. The number of nitrogens with zero attached hydrogens (tertiary/aromatic N) is 2. The molecule has 0 atom stereocenters. The maximum Gasteiger partial charge on any atom is 0.339 e. The molecule has 1 fully saturated rings. The second kappa shape index (κ2) is 2.46. The summed E-state index contributed by atoms with van der Waals surface area (Å²) in [6, 6.07) is 1.70. The van der Waals surface area contributed by atoms with Gasteiger partial charge in [-0.15, -0.1) is 5.06 Å². The topological polar surface area (TPSA) is 53.1 Å². The monoisotopic (exact) mass is 126 g/mol. The molecular formula is C5H6N2O2. The second-order valence-corrected chi connectivity index (χ2v) is 1.73. The van der Waals surface area contributed by atoms with Crippen LogP contribution in [0.4, 0.5) is 0 Å². The normalized spacial score (nSPS) is 16.3. The van der Waals surface area contributed by atoms with Crippen molar-refractivity contribution in [2.45, 2.75) is 6.42 Å².